The van der Waals surface area contributed by atoms with Crippen molar-refractivity contribution < 1.29 is 10.0 Å². The molecule has 0 aliphatic heterocycles. The molecule has 0 aliphatic rings. The van der Waals surface area contributed by atoms with Crippen LogP contribution >= 0.6 is 17.0 Å². The fourth-order valence-corrected chi connectivity index (χ4v) is 0.200. The lowest BCUT2D eigenvalue weighted by Crippen LogP contribution is -2.07. The van der Waals surface area contributed by atoms with Gasteiger partial charge in [-0.1, -0.05) is 6.08 Å². The number of halogens is 1. The van der Waals surface area contributed by atoms with Crippen LogP contribution in [0.2, 0.25) is 6.32 Å². The molecule has 0 bridgehead atoms. The first-order chi connectivity index (χ1) is 3.27. The van der Waals surface area contributed by atoms with Gasteiger partial charge in [0.15, 0.2) is 0 Å². The Kier molecular flexibility index (Phi) is 9.54. The van der Waals surface area contributed by atoms with Crippen LogP contribution in [-0.2, 0) is 0 Å². The summed E-state index contributed by atoms with van der Waals surface area (Å²) >= 11 is 0. The summed E-state index contributed by atoms with van der Waals surface area (Å²) in [6.45, 7) is 0. The van der Waals surface area contributed by atoms with E-state index in [1.165, 1.54) is 12.3 Å². The summed E-state index contributed by atoms with van der Waals surface area (Å²) in [5.74, 6) is 0. The molecule has 0 atom stereocenters. The fraction of sp³-hybridized carbons (Fsp3) is 0.333. The van der Waals surface area contributed by atoms with E-state index in [2.05, 4.69) is 0 Å². The molecule has 0 saturated heterocycles. The van der Waals surface area contributed by atoms with Crippen molar-refractivity contribution >= 4 is 24.1 Å². The van der Waals surface area contributed by atoms with E-state index in [-0.39, 0.29) is 23.3 Å². The molecule has 0 saturated carbocycles. The van der Waals surface area contributed by atoms with Gasteiger partial charge in [-0.3, -0.25) is 0 Å². The Hall–Kier alpha value is 0.00494. The molecule has 0 aromatic carbocycles. The number of hydrogen-bond donors (Lipinski definition) is 3. The van der Waals surface area contributed by atoms with Crippen LogP contribution in [0.25, 0.3) is 0 Å². The maximum absolute atomic E-state index is 8.13. The zero-order valence-electron chi connectivity index (χ0n) is 4.32. The van der Waals surface area contributed by atoms with Crippen LogP contribution in [0.5, 0.6) is 0 Å². The normalized spacial score (nSPS) is 8.75. The quantitative estimate of drug-likeness (QED) is 0.504. The van der Waals surface area contributed by atoms with Crippen molar-refractivity contribution in [1.29, 1.82) is 0 Å². The number of rotatable bonds is 2. The zero-order chi connectivity index (χ0) is 5.70. The molecule has 0 amide bonds. The lowest BCUT2D eigenvalue weighted by Gasteiger charge is -1.85. The van der Waals surface area contributed by atoms with E-state index in [1.807, 2.05) is 0 Å². The largest absolute Gasteiger partial charge is 0.455 e. The number of allylic oxidation sites excluding steroid dienone is 1. The van der Waals surface area contributed by atoms with Crippen LogP contribution in [0.4, 0.5) is 0 Å². The lowest BCUT2D eigenvalue weighted by molar-refractivity contribution is 0.411. The summed E-state index contributed by atoms with van der Waals surface area (Å²) in [7, 11) is -1.26. The van der Waals surface area contributed by atoms with Crippen LogP contribution in [0, 0.1) is 0 Å². The number of hydrogen-bond acceptors (Lipinski definition) is 3. The van der Waals surface area contributed by atoms with Gasteiger partial charge in [0.1, 0.15) is 0 Å². The van der Waals surface area contributed by atoms with Crippen LogP contribution in [-0.4, -0.2) is 17.2 Å². The Balaban J connectivity index is 0. The minimum Gasteiger partial charge on any atom is -0.427 e. The monoisotopic (exact) mass is 181 g/mol. The van der Waals surface area contributed by atoms with Crippen molar-refractivity contribution in [3.63, 3.8) is 0 Å². The predicted octanol–water partition coefficient (Wildman–Crippen LogP) is -0.490. The van der Waals surface area contributed by atoms with Crippen molar-refractivity contribution in [2.45, 2.75) is 6.32 Å². The highest BCUT2D eigenvalue weighted by molar-refractivity contribution is 8.93. The third kappa shape index (κ3) is 9.38. The highest BCUT2D eigenvalue weighted by Gasteiger charge is 1.99. The molecule has 0 rings (SSSR count). The zero-order valence-corrected chi connectivity index (χ0v) is 6.03. The molecule has 0 aromatic rings. The number of nitrogens with two attached hydrogens (primary N) is 1. The van der Waals surface area contributed by atoms with Crippen molar-refractivity contribution in [2.24, 2.45) is 5.73 Å². The van der Waals surface area contributed by atoms with E-state index in [4.69, 9.17) is 15.8 Å². The Morgan fingerprint density at radius 1 is 1.50 bits per heavy atom. The highest BCUT2D eigenvalue weighted by atomic mass is 79.9. The summed E-state index contributed by atoms with van der Waals surface area (Å²) in [5.41, 5.74) is 4.87. The summed E-state index contributed by atoms with van der Waals surface area (Å²) in [6, 6.07) is 0. The summed E-state index contributed by atoms with van der Waals surface area (Å²) < 4.78 is 0. The SMILES string of the molecule is Br.NC=CCB(O)O. The van der Waals surface area contributed by atoms with Crippen molar-refractivity contribution in [3.8, 4) is 0 Å². The van der Waals surface area contributed by atoms with Gasteiger partial charge in [-0.2, -0.15) is 0 Å². The van der Waals surface area contributed by atoms with Gasteiger partial charge in [-0.15, -0.1) is 17.0 Å². The summed E-state index contributed by atoms with van der Waals surface area (Å²) in [5, 5.41) is 16.3. The fourth-order valence-electron chi connectivity index (χ4n) is 0.200. The summed E-state index contributed by atoms with van der Waals surface area (Å²) in [6.07, 6.45) is 2.96. The second-order valence-corrected chi connectivity index (χ2v) is 1.14. The van der Waals surface area contributed by atoms with Gasteiger partial charge in [0.05, 0.1) is 0 Å². The third-order valence-electron chi connectivity index (χ3n) is 0.483. The van der Waals surface area contributed by atoms with E-state index in [0.717, 1.165) is 0 Å². The van der Waals surface area contributed by atoms with Crippen molar-refractivity contribution in [2.75, 3.05) is 0 Å². The Labute approximate surface area is 59.1 Å². The smallest absolute Gasteiger partial charge is 0.427 e. The van der Waals surface area contributed by atoms with Crippen molar-refractivity contribution in [1.82, 2.24) is 0 Å². The Bertz CT molecular complexity index is 68.3. The minimum atomic E-state index is -1.26. The maximum atomic E-state index is 8.13. The molecule has 0 aromatic heterocycles. The van der Waals surface area contributed by atoms with Gasteiger partial charge in [0, 0.05) is 6.32 Å². The third-order valence-corrected chi connectivity index (χ3v) is 0.483. The molecule has 8 heavy (non-hydrogen) atoms. The van der Waals surface area contributed by atoms with Gasteiger partial charge < -0.3 is 15.8 Å². The second-order valence-electron chi connectivity index (χ2n) is 1.14. The lowest BCUT2D eigenvalue weighted by atomic mass is 9.87. The molecule has 3 nitrogen and oxygen atoms in total. The molecule has 0 aliphatic carbocycles. The Morgan fingerprint density at radius 2 is 2.00 bits per heavy atom. The first-order valence-electron chi connectivity index (χ1n) is 2.00. The molecule has 48 valence electrons. The molecule has 4 N–H and O–H groups in total. The van der Waals surface area contributed by atoms with Crippen LogP contribution in [0.3, 0.4) is 0 Å². The highest BCUT2D eigenvalue weighted by Crippen LogP contribution is 1.81. The summed E-state index contributed by atoms with van der Waals surface area (Å²) in [4.78, 5) is 0. The predicted molar refractivity (Wildman–Crippen MR) is 38.6 cm³/mol. The van der Waals surface area contributed by atoms with Crippen LogP contribution in [0.15, 0.2) is 12.3 Å². The average Bonchev–Trinajstić information content (AvgIpc) is 1.61. The molecule has 0 fully saturated rings. The van der Waals surface area contributed by atoms with Gasteiger partial charge in [0.25, 0.3) is 0 Å². The molecule has 0 radical (unpaired) electrons. The van der Waals surface area contributed by atoms with Gasteiger partial charge in [-0.25, -0.2) is 0 Å². The average molecular weight is 182 g/mol. The molecule has 0 heterocycles. The molecule has 0 unspecified atom stereocenters. The first kappa shape index (κ1) is 10.9. The van der Waals surface area contributed by atoms with E-state index >= 15 is 0 Å². The minimum absolute atomic E-state index is 0. The van der Waals surface area contributed by atoms with E-state index in [1.54, 1.807) is 0 Å². The molecular weight excluding hydrogens is 173 g/mol. The van der Waals surface area contributed by atoms with Crippen LogP contribution < -0.4 is 5.73 Å². The van der Waals surface area contributed by atoms with Gasteiger partial charge in [-0.05, 0) is 6.20 Å². The first-order valence-corrected chi connectivity index (χ1v) is 2.00. The van der Waals surface area contributed by atoms with Crippen LogP contribution in [0.1, 0.15) is 0 Å². The van der Waals surface area contributed by atoms with Gasteiger partial charge in [0.2, 0.25) is 0 Å². The van der Waals surface area contributed by atoms with Gasteiger partial charge >= 0.3 is 7.12 Å². The van der Waals surface area contributed by atoms with E-state index in [9.17, 15) is 0 Å². The molecular formula is C3H9BBrNO2. The molecule has 0 spiro atoms. The second kappa shape index (κ2) is 7.00. The van der Waals surface area contributed by atoms with Crippen molar-refractivity contribution in [3.05, 3.63) is 12.3 Å². The molecule has 5 heteroatoms. The standard InChI is InChI=1S/C3H8BNO2.BrH/c5-3-1-2-4(6)7;/h1,3,6-7H,2,5H2;1H. The topological polar surface area (TPSA) is 66.5 Å². The maximum Gasteiger partial charge on any atom is 0.455 e. The Morgan fingerprint density at radius 3 is 2.12 bits per heavy atom. The van der Waals surface area contributed by atoms with E-state index < -0.39 is 7.12 Å². The van der Waals surface area contributed by atoms with E-state index in [0.29, 0.717) is 0 Å².